The van der Waals surface area contributed by atoms with Gasteiger partial charge in [0.05, 0.1) is 0 Å². The van der Waals surface area contributed by atoms with E-state index < -0.39 is 23.5 Å². The van der Waals surface area contributed by atoms with Crippen LogP contribution < -0.4 is 16.8 Å². The largest absolute Gasteiger partial charge is 0.368 e. The second-order valence-electron chi connectivity index (χ2n) is 8.74. The normalized spacial score (nSPS) is 19.6. The number of carbonyl (C=O) groups is 3. The molecule has 2 aromatic rings. The molecule has 0 spiro atoms. The van der Waals surface area contributed by atoms with E-state index in [0.29, 0.717) is 37.3 Å². The fourth-order valence-electron chi connectivity index (χ4n) is 4.28. The molecule has 2 aliphatic rings. The molecule has 1 heterocycles. The summed E-state index contributed by atoms with van der Waals surface area (Å²) in [5.74, 6) is -1.09. The minimum absolute atomic E-state index is 0.0966. The molecule has 2 aromatic carbocycles. The summed E-state index contributed by atoms with van der Waals surface area (Å²) >= 11 is 6.04. The highest BCUT2D eigenvalue weighted by atomic mass is 35.5. The number of benzene rings is 2. The highest BCUT2D eigenvalue weighted by molar-refractivity contribution is 6.30. The number of primary amides is 1. The third-order valence-corrected chi connectivity index (χ3v) is 6.51. The van der Waals surface area contributed by atoms with Crippen LogP contribution in [0.2, 0.25) is 5.02 Å². The zero-order valence-corrected chi connectivity index (χ0v) is 18.5. The maximum Gasteiger partial charge on any atom is 0.244 e. The van der Waals surface area contributed by atoms with E-state index in [4.69, 9.17) is 23.1 Å². The number of nitrogens with two attached hydrogens (primary N) is 2. The molecule has 1 aliphatic carbocycles. The monoisotopic (exact) mass is 454 g/mol. The highest BCUT2D eigenvalue weighted by Crippen LogP contribution is 2.35. The van der Waals surface area contributed by atoms with E-state index in [-0.39, 0.29) is 18.2 Å². The molecule has 1 fully saturated rings. The molecule has 7 nitrogen and oxygen atoms in total. The summed E-state index contributed by atoms with van der Waals surface area (Å²) in [5.41, 5.74) is 13.7. The molecule has 5 N–H and O–H groups in total. The van der Waals surface area contributed by atoms with Crippen LogP contribution in [0.4, 0.5) is 0 Å². The third kappa shape index (κ3) is 4.79. The molecule has 0 radical (unpaired) electrons. The van der Waals surface area contributed by atoms with Crippen LogP contribution in [0.3, 0.4) is 0 Å². The van der Waals surface area contributed by atoms with Crippen molar-refractivity contribution in [3.05, 3.63) is 70.2 Å². The molecule has 8 heteroatoms. The first-order valence-corrected chi connectivity index (χ1v) is 11.1. The van der Waals surface area contributed by atoms with Gasteiger partial charge in [0.25, 0.3) is 0 Å². The van der Waals surface area contributed by atoms with Gasteiger partial charge in [0, 0.05) is 30.5 Å². The van der Waals surface area contributed by atoms with E-state index >= 15 is 0 Å². The summed E-state index contributed by atoms with van der Waals surface area (Å²) in [6.07, 6.45) is 2.02. The fraction of sp³-hybridized carbons (Fsp3) is 0.375. The lowest BCUT2D eigenvalue weighted by molar-refractivity contribution is -0.143. The zero-order chi connectivity index (χ0) is 22.9. The van der Waals surface area contributed by atoms with Crippen LogP contribution in [0.25, 0.3) is 0 Å². The molecule has 32 heavy (non-hydrogen) atoms. The van der Waals surface area contributed by atoms with E-state index in [0.717, 1.165) is 16.7 Å². The Morgan fingerprint density at radius 3 is 2.50 bits per heavy atom. The highest BCUT2D eigenvalue weighted by Gasteiger charge is 2.51. The number of hydrogen-bond donors (Lipinski definition) is 3. The Hall–Kier alpha value is -2.90. The lowest BCUT2D eigenvalue weighted by Gasteiger charge is -2.37. The van der Waals surface area contributed by atoms with Crippen LogP contribution in [-0.2, 0) is 33.8 Å². The lowest BCUT2D eigenvalue weighted by Crippen LogP contribution is -2.57. The van der Waals surface area contributed by atoms with Crippen LogP contribution in [0.5, 0.6) is 0 Å². The Kier molecular flexibility index (Phi) is 6.22. The van der Waals surface area contributed by atoms with E-state index in [2.05, 4.69) is 5.32 Å². The summed E-state index contributed by atoms with van der Waals surface area (Å²) in [5, 5.41) is 3.42. The van der Waals surface area contributed by atoms with Crippen LogP contribution in [-0.4, -0.2) is 40.2 Å². The van der Waals surface area contributed by atoms with Gasteiger partial charge < -0.3 is 21.7 Å². The number of halogens is 1. The van der Waals surface area contributed by atoms with Gasteiger partial charge in [-0.25, -0.2) is 0 Å². The van der Waals surface area contributed by atoms with E-state index in [9.17, 15) is 14.4 Å². The molecular weight excluding hydrogens is 428 g/mol. The SMILES string of the molecule is NC(=O)C1(NC(=O)[C@@H]2Cc3ccccc3CN2C(=O)C[C@H](N)Cc2cccc(Cl)c2)CC1. The van der Waals surface area contributed by atoms with Crippen molar-refractivity contribution in [1.29, 1.82) is 0 Å². The number of nitrogens with zero attached hydrogens (tertiary/aromatic N) is 1. The molecule has 168 valence electrons. The van der Waals surface area contributed by atoms with Crippen LogP contribution in [0.15, 0.2) is 48.5 Å². The Balaban J connectivity index is 1.50. The Bertz CT molecular complexity index is 1050. The van der Waals surface area contributed by atoms with Gasteiger partial charge in [0.15, 0.2) is 0 Å². The van der Waals surface area contributed by atoms with Gasteiger partial charge >= 0.3 is 0 Å². The van der Waals surface area contributed by atoms with E-state index in [1.165, 1.54) is 0 Å². The summed E-state index contributed by atoms with van der Waals surface area (Å²) in [6, 6.07) is 14.0. The van der Waals surface area contributed by atoms with Gasteiger partial charge in [-0.1, -0.05) is 48.0 Å². The minimum Gasteiger partial charge on any atom is -0.368 e. The standard InChI is InChI=1S/C24H27ClN4O3/c25-18-7-3-4-15(10-18)11-19(26)13-21(30)29-14-17-6-2-1-5-16(17)12-20(29)22(31)28-24(8-9-24)23(27)32/h1-7,10,19-20H,8-9,11-14,26H2,(H2,27,32)(H,28,31)/t19-,20+/m1/s1. The predicted octanol–water partition coefficient (Wildman–Crippen LogP) is 1.69. The molecule has 2 atom stereocenters. The summed E-state index contributed by atoms with van der Waals surface area (Å²) in [4.78, 5) is 39.7. The van der Waals surface area contributed by atoms with Gasteiger partial charge in [-0.3, -0.25) is 14.4 Å². The Morgan fingerprint density at radius 2 is 1.84 bits per heavy atom. The van der Waals surface area contributed by atoms with Crippen LogP contribution in [0.1, 0.15) is 36.0 Å². The van der Waals surface area contributed by atoms with Crippen molar-refractivity contribution >= 4 is 29.3 Å². The average Bonchev–Trinajstić information content (AvgIpc) is 3.53. The van der Waals surface area contributed by atoms with Crippen molar-refractivity contribution in [2.75, 3.05) is 0 Å². The summed E-state index contributed by atoms with van der Waals surface area (Å²) < 4.78 is 0. The number of amides is 3. The lowest BCUT2D eigenvalue weighted by atomic mass is 9.92. The smallest absolute Gasteiger partial charge is 0.244 e. The molecule has 4 rings (SSSR count). The fourth-order valence-corrected chi connectivity index (χ4v) is 4.49. The molecular formula is C24H27ClN4O3. The maximum absolute atomic E-state index is 13.3. The summed E-state index contributed by atoms with van der Waals surface area (Å²) in [7, 11) is 0. The van der Waals surface area contributed by atoms with E-state index in [1.54, 1.807) is 11.0 Å². The number of fused-ring (bicyclic) bond motifs is 1. The first-order valence-electron chi connectivity index (χ1n) is 10.8. The number of hydrogen-bond acceptors (Lipinski definition) is 4. The average molecular weight is 455 g/mol. The third-order valence-electron chi connectivity index (χ3n) is 6.28. The number of carbonyl (C=O) groups excluding carboxylic acids is 3. The molecule has 0 aromatic heterocycles. The predicted molar refractivity (Wildman–Crippen MR) is 122 cm³/mol. The number of nitrogens with one attached hydrogen (secondary N) is 1. The van der Waals surface area contributed by atoms with Crippen molar-refractivity contribution in [1.82, 2.24) is 10.2 Å². The van der Waals surface area contributed by atoms with Crippen LogP contribution in [0, 0.1) is 0 Å². The van der Waals surface area contributed by atoms with Gasteiger partial charge in [0.1, 0.15) is 11.6 Å². The van der Waals surface area contributed by atoms with Gasteiger partial charge in [-0.15, -0.1) is 0 Å². The number of rotatable bonds is 7. The Morgan fingerprint density at radius 1 is 1.12 bits per heavy atom. The first-order chi connectivity index (χ1) is 15.3. The molecule has 0 saturated heterocycles. The van der Waals surface area contributed by atoms with Crippen LogP contribution >= 0.6 is 11.6 Å². The van der Waals surface area contributed by atoms with Crippen molar-refractivity contribution < 1.29 is 14.4 Å². The summed E-state index contributed by atoms with van der Waals surface area (Å²) in [6.45, 7) is 0.320. The van der Waals surface area contributed by atoms with Gasteiger partial charge in [-0.2, -0.15) is 0 Å². The van der Waals surface area contributed by atoms with Crippen molar-refractivity contribution in [2.24, 2.45) is 11.5 Å². The van der Waals surface area contributed by atoms with Gasteiger partial charge in [-0.05, 0) is 48.1 Å². The molecule has 0 bridgehead atoms. The second-order valence-corrected chi connectivity index (χ2v) is 9.18. The van der Waals surface area contributed by atoms with E-state index in [1.807, 2.05) is 42.5 Å². The van der Waals surface area contributed by atoms with Gasteiger partial charge in [0.2, 0.25) is 17.7 Å². The quantitative estimate of drug-likeness (QED) is 0.589. The molecule has 1 aliphatic heterocycles. The van der Waals surface area contributed by atoms with Crippen molar-refractivity contribution in [2.45, 2.75) is 56.3 Å². The topological polar surface area (TPSA) is 119 Å². The van der Waals surface area contributed by atoms with Crippen molar-refractivity contribution in [3.63, 3.8) is 0 Å². The zero-order valence-electron chi connectivity index (χ0n) is 17.7. The molecule has 3 amide bonds. The first kappa shape index (κ1) is 22.3. The minimum atomic E-state index is -0.980. The second kappa shape index (κ2) is 8.92. The molecule has 0 unspecified atom stereocenters. The van der Waals surface area contributed by atoms with Crippen molar-refractivity contribution in [3.8, 4) is 0 Å². The molecule has 1 saturated carbocycles. The Labute approximate surface area is 192 Å². The maximum atomic E-state index is 13.3.